The van der Waals surface area contributed by atoms with E-state index in [1.165, 1.54) is 36.8 Å². The van der Waals surface area contributed by atoms with Crippen LogP contribution in [0.4, 0.5) is 0 Å². The van der Waals surface area contributed by atoms with Gasteiger partial charge in [-0.05, 0) is 24.0 Å². The Hall–Kier alpha value is -1.97. The third-order valence-electron chi connectivity index (χ3n) is 4.72. The zero-order valence-electron chi connectivity index (χ0n) is 13.2. The summed E-state index contributed by atoms with van der Waals surface area (Å²) in [7, 11) is 0. The number of nitrogen functional groups attached to an aromatic ring is 1. The maximum Gasteiger partial charge on any atom is 0.128 e. The number of nitrogens with zero attached hydrogens (tertiary/aromatic N) is 2. The molecular weight excluding hydrogens is 274 g/mol. The van der Waals surface area contributed by atoms with E-state index in [9.17, 15) is 0 Å². The van der Waals surface area contributed by atoms with Gasteiger partial charge in [-0.15, -0.1) is 0 Å². The fraction of sp³-hybridized carbons (Fsp3) is 0.500. The van der Waals surface area contributed by atoms with Crippen molar-refractivity contribution < 1.29 is 4.74 Å². The van der Waals surface area contributed by atoms with E-state index >= 15 is 0 Å². The SMILES string of the molecule is CC(COc1ccccc1-c1cn(N)cn1)C1CCCCC1. The number of benzene rings is 1. The first-order valence-corrected chi connectivity index (χ1v) is 8.25. The number of ether oxygens (including phenoxy) is 1. The Morgan fingerprint density at radius 1 is 1.27 bits per heavy atom. The minimum atomic E-state index is 0.598. The monoisotopic (exact) mass is 299 g/mol. The Balaban J connectivity index is 1.67. The average Bonchev–Trinajstić information content (AvgIpc) is 3.00. The molecule has 22 heavy (non-hydrogen) atoms. The molecule has 0 aliphatic heterocycles. The van der Waals surface area contributed by atoms with Gasteiger partial charge in [-0.1, -0.05) is 51.2 Å². The normalized spacial score (nSPS) is 17.3. The molecule has 2 N–H and O–H groups in total. The molecule has 4 nitrogen and oxygen atoms in total. The van der Waals surface area contributed by atoms with E-state index in [2.05, 4.69) is 11.9 Å². The molecule has 1 aliphatic carbocycles. The van der Waals surface area contributed by atoms with E-state index in [0.717, 1.165) is 29.5 Å². The molecule has 3 rings (SSSR count). The van der Waals surface area contributed by atoms with Gasteiger partial charge in [0.15, 0.2) is 0 Å². The van der Waals surface area contributed by atoms with Crippen molar-refractivity contribution in [3.05, 3.63) is 36.8 Å². The number of rotatable bonds is 5. The summed E-state index contributed by atoms with van der Waals surface area (Å²) in [6.07, 6.45) is 10.3. The molecule has 0 bridgehead atoms. The number of imidazole rings is 1. The van der Waals surface area contributed by atoms with Gasteiger partial charge in [0.2, 0.25) is 0 Å². The molecule has 0 amide bonds. The van der Waals surface area contributed by atoms with Gasteiger partial charge >= 0.3 is 0 Å². The van der Waals surface area contributed by atoms with Gasteiger partial charge in [-0.2, -0.15) is 0 Å². The van der Waals surface area contributed by atoms with Crippen LogP contribution >= 0.6 is 0 Å². The van der Waals surface area contributed by atoms with Crippen LogP contribution in [-0.2, 0) is 0 Å². The molecule has 0 saturated heterocycles. The molecule has 1 aliphatic rings. The van der Waals surface area contributed by atoms with Crippen molar-refractivity contribution in [2.24, 2.45) is 11.8 Å². The molecule has 2 aromatic rings. The molecular formula is C18H25N3O. The third-order valence-corrected chi connectivity index (χ3v) is 4.72. The van der Waals surface area contributed by atoms with Gasteiger partial charge in [-0.25, -0.2) is 4.98 Å². The molecule has 0 radical (unpaired) electrons. The number of aromatic nitrogens is 2. The van der Waals surface area contributed by atoms with Crippen molar-refractivity contribution in [3.8, 4) is 17.0 Å². The molecule has 1 fully saturated rings. The lowest BCUT2D eigenvalue weighted by Gasteiger charge is -2.27. The van der Waals surface area contributed by atoms with Gasteiger partial charge in [0, 0.05) is 5.56 Å². The van der Waals surface area contributed by atoms with Gasteiger partial charge in [-0.3, -0.25) is 4.68 Å². The second kappa shape index (κ2) is 6.86. The van der Waals surface area contributed by atoms with Crippen molar-refractivity contribution in [2.45, 2.75) is 39.0 Å². The summed E-state index contributed by atoms with van der Waals surface area (Å²) in [5.74, 6) is 8.00. The smallest absolute Gasteiger partial charge is 0.128 e. The van der Waals surface area contributed by atoms with Crippen LogP contribution in [0.5, 0.6) is 5.75 Å². The van der Waals surface area contributed by atoms with Crippen molar-refractivity contribution in [2.75, 3.05) is 12.4 Å². The molecule has 118 valence electrons. The fourth-order valence-corrected chi connectivity index (χ4v) is 3.34. The summed E-state index contributed by atoms with van der Waals surface area (Å²) in [6, 6.07) is 8.05. The zero-order chi connectivity index (χ0) is 15.4. The van der Waals surface area contributed by atoms with E-state index < -0.39 is 0 Å². The Morgan fingerprint density at radius 3 is 2.77 bits per heavy atom. The lowest BCUT2D eigenvalue weighted by Crippen LogP contribution is -2.21. The van der Waals surface area contributed by atoms with Crippen LogP contribution in [0.15, 0.2) is 36.8 Å². The quantitative estimate of drug-likeness (QED) is 0.853. The summed E-state index contributed by atoms with van der Waals surface area (Å²) in [5.41, 5.74) is 1.85. The van der Waals surface area contributed by atoms with E-state index in [1.54, 1.807) is 6.33 Å². The van der Waals surface area contributed by atoms with Crippen molar-refractivity contribution >= 4 is 0 Å². The summed E-state index contributed by atoms with van der Waals surface area (Å²) >= 11 is 0. The summed E-state index contributed by atoms with van der Waals surface area (Å²) in [5, 5.41) is 0. The molecule has 1 atom stereocenters. The second-order valence-corrected chi connectivity index (χ2v) is 6.39. The first-order chi connectivity index (χ1) is 10.7. The number of hydrogen-bond acceptors (Lipinski definition) is 3. The maximum absolute atomic E-state index is 6.13. The fourth-order valence-electron chi connectivity index (χ4n) is 3.34. The number of hydrogen-bond donors (Lipinski definition) is 1. The van der Waals surface area contributed by atoms with Crippen LogP contribution in [0.25, 0.3) is 11.3 Å². The Morgan fingerprint density at radius 2 is 2.05 bits per heavy atom. The topological polar surface area (TPSA) is 53.1 Å². The van der Waals surface area contributed by atoms with Gasteiger partial charge < -0.3 is 10.6 Å². The van der Waals surface area contributed by atoms with Crippen LogP contribution in [0, 0.1) is 11.8 Å². The Kier molecular flexibility index (Phi) is 4.66. The van der Waals surface area contributed by atoms with E-state index in [-0.39, 0.29) is 0 Å². The number of nitrogens with two attached hydrogens (primary N) is 1. The van der Waals surface area contributed by atoms with Gasteiger partial charge in [0.05, 0.1) is 18.5 Å². The lowest BCUT2D eigenvalue weighted by molar-refractivity contribution is 0.176. The van der Waals surface area contributed by atoms with Gasteiger partial charge in [0.1, 0.15) is 12.1 Å². The minimum Gasteiger partial charge on any atom is -0.493 e. The minimum absolute atomic E-state index is 0.598. The molecule has 1 saturated carbocycles. The van der Waals surface area contributed by atoms with Crippen LogP contribution < -0.4 is 10.6 Å². The molecule has 1 aromatic carbocycles. The van der Waals surface area contributed by atoms with E-state index in [0.29, 0.717) is 5.92 Å². The second-order valence-electron chi connectivity index (χ2n) is 6.39. The number of para-hydroxylation sites is 1. The lowest BCUT2D eigenvalue weighted by atomic mass is 9.81. The van der Waals surface area contributed by atoms with E-state index in [4.69, 9.17) is 10.6 Å². The third kappa shape index (κ3) is 3.43. The Labute approximate surface area is 132 Å². The molecule has 4 heteroatoms. The molecule has 1 unspecified atom stereocenters. The predicted octanol–water partition coefficient (Wildman–Crippen LogP) is 3.86. The highest BCUT2D eigenvalue weighted by atomic mass is 16.5. The van der Waals surface area contributed by atoms with Crippen LogP contribution in [0.1, 0.15) is 39.0 Å². The molecule has 1 aromatic heterocycles. The first-order valence-electron chi connectivity index (χ1n) is 8.25. The van der Waals surface area contributed by atoms with Crippen LogP contribution in [0.3, 0.4) is 0 Å². The molecule has 0 spiro atoms. The highest BCUT2D eigenvalue weighted by molar-refractivity contribution is 5.66. The standard InChI is InChI=1S/C18H25N3O/c1-14(15-7-3-2-4-8-15)12-22-18-10-6-5-9-16(18)17-11-21(19)13-20-17/h5-6,9-11,13-15H,2-4,7-8,12,19H2,1H3. The highest BCUT2D eigenvalue weighted by Gasteiger charge is 2.21. The average molecular weight is 299 g/mol. The maximum atomic E-state index is 6.13. The highest BCUT2D eigenvalue weighted by Crippen LogP contribution is 2.32. The first kappa shape index (κ1) is 14.9. The van der Waals surface area contributed by atoms with E-state index in [1.807, 2.05) is 30.5 Å². The summed E-state index contributed by atoms with van der Waals surface area (Å²) < 4.78 is 7.59. The van der Waals surface area contributed by atoms with Crippen molar-refractivity contribution in [3.63, 3.8) is 0 Å². The summed E-state index contributed by atoms with van der Waals surface area (Å²) in [6.45, 7) is 3.08. The van der Waals surface area contributed by atoms with Crippen LogP contribution in [-0.4, -0.2) is 16.3 Å². The van der Waals surface area contributed by atoms with Gasteiger partial charge in [0.25, 0.3) is 0 Å². The molecule has 1 heterocycles. The summed E-state index contributed by atoms with van der Waals surface area (Å²) in [4.78, 5) is 4.32. The Bertz CT molecular complexity index is 602. The van der Waals surface area contributed by atoms with Crippen molar-refractivity contribution in [1.82, 2.24) is 9.66 Å². The van der Waals surface area contributed by atoms with Crippen molar-refractivity contribution in [1.29, 1.82) is 0 Å². The largest absolute Gasteiger partial charge is 0.493 e. The zero-order valence-corrected chi connectivity index (χ0v) is 13.2. The predicted molar refractivity (Wildman–Crippen MR) is 89.0 cm³/mol. The van der Waals surface area contributed by atoms with Crippen LogP contribution in [0.2, 0.25) is 0 Å².